The van der Waals surface area contributed by atoms with Gasteiger partial charge in [0.15, 0.2) is 0 Å². The van der Waals surface area contributed by atoms with E-state index in [0.29, 0.717) is 5.75 Å². The molecule has 0 radical (unpaired) electrons. The van der Waals surface area contributed by atoms with E-state index < -0.39 is 8.69 Å². The zero-order chi connectivity index (χ0) is 20.4. The molecule has 1 atom stereocenters. The van der Waals surface area contributed by atoms with Crippen molar-refractivity contribution in [2.45, 2.75) is 72.1 Å². The summed E-state index contributed by atoms with van der Waals surface area (Å²) in [5, 5.41) is 10.9. The summed E-state index contributed by atoms with van der Waals surface area (Å²) in [5.74, 6) is 0.494. The molecule has 0 fully saturated rings. The van der Waals surface area contributed by atoms with Crippen LogP contribution >= 0.6 is 8.69 Å². The Hall–Kier alpha value is -1.70. The Bertz CT molecular complexity index is 724. The van der Waals surface area contributed by atoms with E-state index in [1.807, 2.05) is 6.07 Å². The van der Waals surface area contributed by atoms with E-state index in [4.69, 9.17) is 9.46 Å². The number of hydrogen-bond donors (Lipinski definition) is 2. The number of aromatic hydroxyl groups is 1. The molecule has 2 N–H and O–H groups in total. The second kappa shape index (κ2) is 11.2. The zero-order valence-corrected chi connectivity index (χ0v) is 18.3. The maximum absolute atomic E-state index is 10.9. The highest BCUT2D eigenvalue weighted by molar-refractivity contribution is 7.16. The fourth-order valence-corrected chi connectivity index (χ4v) is 3.55. The van der Waals surface area contributed by atoms with Gasteiger partial charge >= 0.3 is 8.69 Å². The van der Waals surface area contributed by atoms with Gasteiger partial charge in [-0.05, 0) is 58.9 Å². The summed E-state index contributed by atoms with van der Waals surface area (Å²) in [6, 6.07) is 12.7. The number of rotatable bonds is 7. The number of hydrogen-bond acceptors (Lipinski definition) is 2. The van der Waals surface area contributed by atoms with Crippen molar-refractivity contribution in [1.82, 2.24) is 0 Å². The first-order chi connectivity index (χ1) is 12.8. The summed E-state index contributed by atoms with van der Waals surface area (Å²) >= 11 is 0. The van der Waals surface area contributed by atoms with E-state index in [1.165, 1.54) is 36.0 Å². The Balaban J connectivity index is 0.00000114. The van der Waals surface area contributed by atoms with Gasteiger partial charge < -0.3 is 5.11 Å². The third kappa shape index (κ3) is 6.75. The molecule has 27 heavy (non-hydrogen) atoms. The van der Waals surface area contributed by atoms with Gasteiger partial charge in [0.05, 0.1) is 0 Å². The number of phenols is 1. The van der Waals surface area contributed by atoms with E-state index >= 15 is 0 Å². The lowest BCUT2D eigenvalue weighted by Crippen LogP contribution is -2.18. The number of unbranched alkanes of at least 4 members (excludes halogenated alkanes) is 2. The van der Waals surface area contributed by atoms with E-state index in [-0.39, 0.29) is 5.41 Å². The molecular formula is C23H34O3P+. The molecular weight excluding hydrogens is 355 g/mol. The highest BCUT2D eigenvalue weighted by Gasteiger charge is 2.26. The quantitative estimate of drug-likeness (QED) is 0.427. The van der Waals surface area contributed by atoms with Crippen molar-refractivity contribution in [3.05, 3.63) is 64.2 Å². The molecule has 0 aliphatic rings. The predicted octanol–water partition coefficient (Wildman–Crippen LogP) is 6.38. The van der Waals surface area contributed by atoms with Crippen LogP contribution in [0.1, 0.15) is 74.3 Å². The average molecular weight is 389 g/mol. The van der Waals surface area contributed by atoms with E-state index in [0.717, 1.165) is 24.0 Å². The number of benzene rings is 2. The lowest BCUT2D eigenvalue weighted by Gasteiger charge is -2.28. The van der Waals surface area contributed by atoms with Crippen molar-refractivity contribution in [3.63, 3.8) is 0 Å². The molecule has 0 saturated carbocycles. The van der Waals surface area contributed by atoms with Gasteiger partial charge in [0.25, 0.3) is 0 Å². The van der Waals surface area contributed by atoms with Crippen molar-refractivity contribution in [2.75, 3.05) is 0 Å². The fraction of sp³-hybridized carbons (Fsp3) is 0.478. The van der Waals surface area contributed by atoms with Crippen LogP contribution in [0.5, 0.6) is 5.75 Å². The van der Waals surface area contributed by atoms with Gasteiger partial charge in [-0.1, -0.05) is 76.4 Å². The molecule has 0 amide bonds. The van der Waals surface area contributed by atoms with Crippen LogP contribution in [0.3, 0.4) is 0 Å². The number of aryl methyl sites for hydroxylation is 1. The molecule has 3 nitrogen and oxygen atoms in total. The molecule has 0 aromatic heterocycles. The van der Waals surface area contributed by atoms with Gasteiger partial charge in [-0.3, -0.25) is 0 Å². The zero-order valence-electron chi connectivity index (χ0n) is 17.3. The first-order valence-corrected chi connectivity index (χ1v) is 10.5. The van der Waals surface area contributed by atoms with Gasteiger partial charge in [0.2, 0.25) is 0 Å². The largest absolute Gasteiger partial charge is 0.507 e. The van der Waals surface area contributed by atoms with Crippen molar-refractivity contribution in [2.24, 2.45) is 0 Å². The Kier molecular flexibility index (Phi) is 9.69. The fourth-order valence-electron chi connectivity index (χ4n) is 3.55. The van der Waals surface area contributed by atoms with Crippen LogP contribution in [0.2, 0.25) is 0 Å². The third-order valence-electron chi connectivity index (χ3n) is 5.26. The third-order valence-corrected chi connectivity index (χ3v) is 5.26. The molecule has 0 aliphatic carbocycles. The molecule has 2 rings (SSSR count). The summed E-state index contributed by atoms with van der Waals surface area (Å²) in [7, 11) is -1.17. The second-order valence-corrected chi connectivity index (χ2v) is 7.97. The van der Waals surface area contributed by atoms with Crippen molar-refractivity contribution >= 4 is 8.69 Å². The van der Waals surface area contributed by atoms with Gasteiger partial charge in [-0.2, -0.15) is 4.89 Å². The summed E-state index contributed by atoms with van der Waals surface area (Å²) in [6.07, 6.45) is 5.70. The standard InChI is InChI=1S/C23H32O.HO2P/c1-6-7-11-14-23(4,5)21-15-17(2)20(18(3)22(21)24)16-19-12-9-8-10-13-19;1-3-2/h8-10,12-13,15,24H,6-7,11,14,16H2,1-5H3;3H/p+1. The lowest BCUT2D eigenvalue weighted by atomic mass is 9.77. The smallest absolute Gasteiger partial charge is 0.491 e. The monoisotopic (exact) mass is 389 g/mol. The van der Waals surface area contributed by atoms with Gasteiger partial charge in [-0.15, -0.1) is 0 Å². The molecule has 0 spiro atoms. The Labute approximate surface area is 165 Å². The second-order valence-electron chi connectivity index (χ2n) is 7.79. The van der Waals surface area contributed by atoms with Crippen molar-refractivity contribution in [3.8, 4) is 5.75 Å². The van der Waals surface area contributed by atoms with Crippen LogP contribution in [0, 0.1) is 13.8 Å². The van der Waals surface area contributed by atoms with Crippen molar-refractivity contribution in [1.29, 1.82) is 0 Å². The summed E-state index contributed by atoms with van der Waals surface area (Å²) < 4.78 is 8.51. The number of phenolic OH excluding ortho intramolecular Hbond substituents is 1. The minimum atomic E-state index is -1.17. The minimum absolute atomic E-state index is 0.0139. The average Bonchev–Trinajstić information content (AvgIpc) is 2.63. The van der Waals surface area contributed by atoms with Crippen LogP contribution < -0.4 is 0 Å². The molecule has 2 aromatic carbocycles. The molecule has 4 heteroatoms. The molecule has 0 aliphatic heterocycles. The molecule has 148 valence electrons. The Morgan fingerprint density at radius 1 is 1.07 bits per heavy atom. The Morgan fingerprint density at radius 3 is 2.22 bits per heavy atom. The van der Waals surface area contributed by atoms with E-state index in [9.17, 15) is 5.11 Å². The first kappa shape index (κ1) is 23.3. The first-order valence-electron chi connectivity index (χ1n) is 9.66. The molecule has 0 heterocycles. The molecule has 1 unspecified atom stereocenters. The summed E-state index contributed by atoms with van der Waals surface area (Å²) in [6.45, 7) is 11.0. The molecule has 2 aromatic rings. The van der Waals surface area contributed by atoms with Gasteiger partial charge in [0, 0.05) is 5.56 Å². The highest BCUT2D eigenvalue weighted by atomic mass is 31.1. The van der Waals surface area contributed by atoms with Crippen LogP contribution in [-0.2, 0) is 16.4 Å². The van der Waals surface area contributed by atoms with Gasteiger partial charge in [-0.25, -0.2) is 0 Å². The lowest BCUT2D eigenvalue weighted by molar-refractivity contribution is 0.405. The minimum Gasteiger partial charge on any atom is -0.507 e. The normalized spacial score (nSPS) is 11.2. The van der Waals surface area contributed by atoms with Crippen LogP contribution in [-0.4, -0.2) is 10.00 Å². The molecule has 0 bridgehead atoms. The van der Waals surface area contributed by atoms with Crippen molar-refractivity contribution < 1.29 is 14.6 Å². The van der Waals surface area contributed by atoms with Gasteiger partial charge in [0.1, 0.15) is 5.75 Å². The SMILES string of the molecule is CCCCCC(C)(C)c1cc(C)c(Cc2ccccc2)c(C)c1O.O=[PH+]O. The highest BCUT2D eigenvalue weighted by Crippen LogP contribution is 2.40. The topological polar surface area (TPSA) is 57.5 Å². The van der Waals surface area contributed by atoms with E-state index in [1.54, 1.807) is 0 Å². The summed E-state index contributed by atoms with van der Waals surface area (Å²) in [5.41, 5.74) is 5.99. The maximum Gasteiger partial charge on any atom is 0.491 e. The predicted molar refractivity (Wildman–Crippen MR) is 115 cm³/mol. The maximum atomic E-state index is 10.9. The van der Waals surface area contributed by atoms with Crippen LogP contribution in [0.15, 0.2) is 36.4 Å². The Morgan fingerprint density at radius 2 is 1.67 bits per heavy atom. The van der Waals surface area contributed by atoms with Crippen LogP contribution in [0.25, 0.3) is 0 Å². The van der Waals surface area contributed by atoms with E-state index in [2.05, 4.69) is 65.0 Å². The summed E-state index contributed by atoms with van der Waals surface area (Å²) in [4.78, 5) is 7.04. The molecule has 0 saturated heterocycles. The van der Waals surface area contributed by atoms with Crippen LogP contribution in [0.4, 0.5) is 0 Å².